The van der Waals surface area contributed by atoms with E-state index in [2.05, 4.69) is 26.9 Å². The van der Waals surface area contributed by atoms with Crippen LogP contribution in [0.5, 0.6) is 0 Å². The molecule has 0 radical (unpaired) electrons. The standard InChI is InChI=1S/C19H26F2N4O/c1-3-25(13-19-22-14(2)26-23-19)17-5-4-9-24(10-8-17)12-15-11-16(20)6-7-18(15)21/h6-7,11,17H,3-5,8-10,12-13H2,1-2H3. The Bertz CT molecular complexity index is 721. The molecule has 0 saturated carbocycles. The van der Waals surface area contributed by atoms with Gasteiger partial charge in [-0.15, -0.1) is 0 Å². The first-order valence-electron chi connectivity index (χ1n) is 9.24. The molecule has 1 aliphatic heterocycles. The van der Waals surface area contributed by atoms with Crippen LogP contribution >= 0.6 is 0 Å². The summed E-state index contributed by atoms with van der Waals surface area (Å²) < 4.78 is 32.4. The topological polar surface area (TPSA) is 45.4 Å². The summed E-state index contributed by atoms with van der Waals surface area (Å²) in [4.78, 5) is 8.88. The van der Waals surface area contributed by atoms with Gasteiger partial charge < -0.3 is 4.52 Å². The molecule has 1 fully saturated rings. The van der Waals surface area contributed by atoms with E-state index in [1.54, 1.807) is 6.92 Å². The van der Waals surface area contributed by atoms with E-state index in [1.165, 1.54) is 12.1 Å². The average Bonchev–Trinajstić information content (AvgIpc) is 2.89. The maximum Gasteiger partial charge on any atom is 0.223 e. The lowest BCUT2D eigenvalue weighted by molar-refractivity contribution is 0.170. The van der Waals surface area contributed by atoms with Crippen LogP contribution in [0.15, 0.2) is 22.7 Å². The number of halogens is 2. The first-order chi connectivity index (χ1) is 12.5. The fourth-order valence-corrected chi connectivity index (χ4v) is 3.65. The third-order valence-electron chi connectivity index (χ3n) is 5.03. The van der Waals surface area contributed by atoms with Crippen LogP contribution in [0.1, 0.15) is 43.5 Å². The van der Waals surface area contributed by atoms with Gasteiger partial charge >= 0.3 is 0 Å². The highest BCUT2D eigenvalue weighted by Crippen LogP contribution is 2.21. The highest BCUT2D eigenvalue weighted by Gasteiger charge is 2.23. The molecular formula is C19H26F2N4O. The van der Waals surface area contributed by atoms with Gasteiger partial charge in [-0.05, 0) is 57.1 Å². The van der Waals surface area contributed by atoms with Gasteiger partial charge in [-0.2, -0.15) is 4.98 Å². The monoisotopic (exact) mass is 364 g/mol. The van der Waals surface area contributed by atoms with Crippen molar-refractivity contribution in [1.29, 1.82) is 0 Å². The number of benzene rings is 1. The van der Waals surface area contributed by atoms with Crippen molar-refractivity contribution in [1.82, 2.24) is 19.9 Å². The van der Waals surface area contributed by atoms with Crippen molar-refractivity contribution in [3.8, 4) is 0 Å². The van der Waals surface area contributed by atoms with Gasteiger partial charge in [0.05, 0.1) is 6.54 Å². The molecule has 2 aromatic rings. The zero-order chi connectivity index (χ0) is 18.5. The van der Waals surface area contributed by atoms with Crippen LogP contribution in [0.3, 0.4) is 0 Å². The van der Waals surface area contributed by atoms with Gasteiger partial charge in [-0.3, -0.25) is 9.80 Å². The molecule has 5 nitrogen and oxygen atoms in total. The molecule has 0 N–H and O–H groups in total. The van der Waals surface area contributed by atoms with Crippen LogP contribution in [0.2, 0.25) is 0 Å². The quantitative estimate of drug-likeness (QED) is 0.785. The Hall–Kier alpha value is -1.86. The Morgan fingerprint density at radius 1 is 1.27 bits per heavy atom. The molecule has 1 aromatic heterocycles. The predicted octanol–water partition coefficient (Wildman–Crippen LogP) is 3.53. The zero-order valence-electron chi connectivity index (χ0n) is 15.4. The first kappa shape index (κ1) is 18.9. The number of aromatic nitrogens is 2. The molecule has 7 heteroatoms. The summed E-state index contributed by atoms with van der Waals surface area (Å²) in [7, 11) is 0. The molecule has 2 heterocycles. The number of hydrogen-bond donors (Lipinski definition) is 0. The lowest BCUT2D eigenvalue weighted by atomic mass is 10.1. The van der Waals surface area contributed by atoms with Crippen molar-refractivity contribution in [2.24, 2.45) is 0 Å². The van der Waals surface area contributed by atoms with E-state index in [4.69, 9.17) is 4.52 Å². The average molecular weight is 364 g/mol. The summed E-state index contributed by atoms with van der Waals surface area (Å²) >= 11 is 0. The number of nitrogens with zero attached hydrogens (tertiary/aromatic N) is 4. The second-order valence-corrected chi connectivity index (χ2v) is 6.89. The lowest BCUT2D eigenvalue weighted by Gasteiger charge is -2.29. The van der Waals surface area contributed by atoms with Crippen molar-refractivity contribution in [2.45, 2.75) is 52.2 Å². The van der Waals surface area contributed by atoms with E-state index >= 15 is 0 Å². The van der Waals surface area contributed by atoms with Gasteiger partial charge in [-0.25, -0.2) is 8.78 Å². The molecule has 0 aliphatic carbocycles. The zero-order valence-corrected chi connectivity index (χ0v) is 15.4. The molecule has 1 atom stereocenters. The van der Waals surface area contributed by atoms with Gasteiger partial charge in [0.25, 0.3) is 0 Å². The summed E-state index contributed by atoms with van der Waals surface area (Å²) in [6.07, 6.45) is 3.10. The van der Waals surface area contributed by atoms with Crippen molar-refractivity contribution in [3.05, 3.63) is 47.1 Å². The van der Waals surface area contributed by atoms with Crippen molar-refractivity contribution >= 4 is 0 Å². The molecule has 142 valence electrons. The molecule has 0 bridgehead atoms. The first-order valence-corrected chi connectivity index (χ1v) is 9.24. The minimum Gasteiger partial charge on any atom is -0.340 e. The van der Waals surface area contributed by atoms with Crippen LogP contribution in [0.4, 0.5) is 8.78 Å². The molecule has 1 aliphatic rings. The smallest absolute Gasteiger partial charge is 0.223 e. The van der Waals surface area contributed by atoms with E-state index < -0.39 is 0 Å². The third-order valence-corrected chi connectivity index (χ3v) is 5.03. The molecule has 1 aromatic carbocycles. The van der Waals surface area contributed by atoms with E-state index in [0.717, 1.165) is 45.0 Å². The van der Waals surface area contributed by atoms with E-state index in [0.29, 0.717) is 36.4 Å². The van der Waals surface area contributed by atoms with Crippen molar-refractivity contribution in [3.63, 3.8) is 0 Å². The summed E-state index contributed by atoms with van der Waals surface area (Å²) in [5.74, 6) is 0.573. The molecule has 0 amide bonds. The second kappa shape index (κ2) is 8.68. The number of rotatable bonds is 6. The highest BCUT2D eigenvalue weighted by molar-refractivity contribution is 5.18. The second-order valence-electron chi connectivity index (χ2n) is 6.89. The van der Waals surface area contributed by atoms with Crippen LogP contribution < -0.4 is 0 Å². The Morgan fingerprint density at radius 2 is 2.12 bits per heavy atom. The molecule has 1 unspecified atom stereocenters. The normalized spacial score (nSPS) is 19.0. The summed E-state index contributed by atoms with van der Waals surface area (Å²) in [6, 6.07) is 4.10. The summed E-state index contributed by atoms with van der Waals surface area (Å²) in [5, 5.41) is 4.00. The molecular weight excluding hydrogens is 338 g/mol. The van der Waals surface area contributed by atoms with Gasteiger partial charge in [0.15, 0.2) is 5.82 Å². The minimum absolute atomic E-state index is 0.338. The predicted molar refractivity (Wildman–Crippen MR) is 94.4 cm³/mol. The number of hydrogen-bond acceptors (Lipinski definition) is 5. The largest absolute Gasteiger partial charge is 0.340 e. The Morgan fingerprint density at radius 3 is 2.85 bits per heavy atom. The van der Waals surface area contributed by atoms with E-state index in [-0.39, 0.29) is 11.6 Å². The van der Waals surface area contributed by atoms with Crippen LogP contribution in [-0.4, -0.2) is 45.6 Å². The van der Waals surface area contributed by atoms with Crippen molar-refractivity contribution < 1.29 is 13.3 Å². The fourth-order valence-electron chi connectivity index (χ4n) is 3.65. The molecule has 3 rings (SSSR count). The number of likely N-dealkylation sites (tertiary alicyclic amines) is 1. The summed E-state index contributed by atoms with van der Waals surface area (Å²) in [6.45, 7) is 7.73. The van der Waals surface area contributed by atoms with Crippen LogP contribution in [0, 0.1) is 18.6 Å². The lowest BCUT2D eigenvalue weighted by Crippen LogP contribution is -2.36. The Kier molecular flexibility index (Phi) is 6.32. The molecule has 0 spiro atoms. The van der Waals surface area contributed by atoms with Gasteiger partial charge in [-0.1, -0.05) is 12.1 Å². The van der Waals surface area contributed by atoms with E-state index in [1.807, 2.05) is 0 Å². The maximum atomic E-state index is 13.9. The van der Waals surface area contributed by atoms with Gasteiger partial charge in [0, 0.05) is 25.1 Å². The molecule has 1 saturated heterocycles. The Labute approximate surface area is 153 Å². The van der Waals surface area contributed by atoms with Gasteiger partial charge in [0.1, 0.15) is 11.6 Å². The Balaban J connectivity index is 1.59. The highest BCUT2D eigenvalue weighted by atomic mass is 19.1. The van der Waals surface area contributed by atoms with Crippen molar-refractivity contribution in [2.75, 3.05) is 19.6 Å². The van der Waals surface area contributed by atoms with Gasteiger partial charge in [0.2, 0.25) is 5.89 Å². The maximum absolute atomic E-state index is 13.9. The fraction of sp³-hybridized carbons (Fsp3) is 0.579. The minimum atomic E-state index is -0.387. The molecule has 26 heavy (non-hydrogen) atoms. The summed E-state index contributed by atoms with van der Waals surface area (Å²) in [5.41, 5.74) is 0.429. The van der Waals surface area contributed by atoms with Crippen LogP contribution in [-0.2, 0) is 13.1 Å². The van der Waals surface area contributed by atoms with E-state index in [9.17, 15) is 8.78 Å². The van der Waals surface area contributed by atoms with Crippen LogP contribution in [0.25, 0.3) is 0 Å². The SMILES string of the molecule is CCN(Cc1noc(C)n1)C1CCCN(Cc2cc(F)ccc2F)CC1. The number of aryl methyl sites for hydroxylation is 1. The third kappa shape index (κ3) is 4.86.